The first kappa shape index (κ1) is 12.3. The Morgan fingerprint density at radius 3 is 2.73 bits per heavy atom. The summed E-state index contributed by atoms with van der Waals surface area (Å²) in [6.45, 7) is 4.76. The number of amides is 1. The number of carbonyl (C=O) groups is 1. The van der Waals surface area contributed by atoms with Crippen molar-refractivity contribution in [3.63, 3.8) is 0 Å². The first-order valence-electron chi connectivity index (χ1n) is 6.01. The summed E-state index contributed by atoms with van der Waals surface area (Å²) in [6.07, 6.45) is 9.48. The maximum Gasteiger partial charge on any atom is 0.219 e. The second-order valence-electron chi connectivity index (χ2n) is 4.61. The van der Waals surface area contributed by atoms with Crippen LogP contribution in [0.2, 0.25) is 0 Å². The molecule has 0 aromatic rings. The third kappa shape index (κ3) is 4.50. The van der Waals surface area contributed by atoms with Crippen LogP contribution in [0, 0.1) is 11.8 Å². The van der Waals surface area contributed by atoms with Gasteiger partial charge >= 0.3 is 0 Å². The Labute approximate surface area is 93.3 Å². The van der Waals surface area contributed by atoms with E-state index in [1.165, 1.54) is 19.3 Å². The molecule has 1 saturated carbocycles. The van der Waals surface area contributed by atoms with Crippen LogP contribution in [-0.4, -0.2) is 24.4 Å². The van der Waals surface area contributed by atoms with Crippen LogP contribution >= 0.6 is 0 Å². The van der Waals surface area contributed by atoms with Gasteiger partial charge in [-0.05, 0) is 37.5 Å². The lowest BCUT2D eigenvalue weighted by Crippen LogP contribution is -2.26. The second-order valence-corrected chi connectivity index (χ2v) is 4.61. The van der Waals surface area contributed by atoms with Crippen LogP contribution in [0.25, 0.3) is 0 Å². The highest BCUT2D eigenvalue weighted by molar-refractivity contribution is 5.72. The molecule has 1 fully saturated rings. The fourth-order valence-corrected chi connectivity index (χ4v) is 1.96. The maximum absolute atomic E-state index is 11.0. The number of hydrogen-bond acceptors (Lipinski definition) is 1. The minimum absolute atomic E-state index is 0.187. The normalized spacial score (nSPS) is 24.5. The molecule has 1 aliphatic carbocycles. The summed E-state index contributed by atoms with van der Waals surface area (Å²) >= 11 is 0. The molecule has 0 saturated heterocycles. The molecule has 0 radical (unpaired) electrons. The van der Waals surface area contributed by atoms with Crippen molar-refractivity contribution in [3.8, 4) is 0 Å². The molecule has 1 aliphatic rings. The van der Waals surface area contributed by atoms with Crippen LogP contribution in [-0.2, 0) is 4.79 Å². The first-order chi connectivity index (χ1) is 7.15. The zero-order chi connectivity index (χ0) is 11.3. The van der Waals surface area contributed by atoms with Crippen molar-refractivity contribution in [1.82, 2.24) is 4.90 Å². The van der Waals surface area contributed by atoms with E-state index in [0.717, 1.165) is 24.8 Å². The summed E-state index contributed by atoms with van der Waals surface area (Å²) in [4.78, 5) is 12.9. The van der Waals surface area contributed by atoms with Gasteiger partial charge < -0.3 is 4.90 Å². The van der Waals surface area contributed by atoms with E-state index in [1.807, 2.05) is 11.9 Å². The average molecular weight is 209 g/mol. The standard InChI is InChI=1S/C13H23NO/c1-4-5-6-7-8-12-9-13(12)10-14(3)11(2)15/h5-6,12-13H,4,7-10H2,1-3H3. The van der Waals surface area contributed by atoms with Gasteiger partial charge in [-0.2, -0.15) is 0 Å². The Morgan fingerprint density at radius 2 is 2.13 bits per heavy atom. The van der Waals surface area contributed by atoms with Crippen LogP contribution in [0.15, 0.2) is 12.2 Å². The lowest BCUT2D eigenvalue weighted by molar-refractivity contribution is -0.127. The van der Waals surface area contributed by atoms with Gasteiger partial charge in [0, 0.05) is 20.5 Å². The summed E-state index contributed by atoms with van der Waals surface area (Å²) in [5, 5.41) is 0. The molecule has 0 N–H and O–H groups in total. The van der Waals surface area contributed by atoms with Gasteiger partial charge in [-0.15, -0.1) is 0 Å². The quantitative estimate of drug-likeness (QED) is 0.616. The molecule has 0 bridgehead atoms. The van der Waals surface area contributed by atoms with Crippen molar-refractivity contribution >= 4 is 5.91 Å². The van der Waals surface area contributed by atoms with Crippen LogP contribution in [0.1, 0.15) is 39.5 Å². The highest BCUT2D eigenvalue weighted by Gasteiger charge is 2.36. The predicted molar refractivity (Wildman–Crippen MR) is 63.6 cm³/mol. The molecule has 1 rings (SSSR count). The minimum atomic E-state index is 0.187. The highest BCUT2D eigenvalue weighted by Crippen LogP contribution is 2.42. The van der Waals surface area contributed by atoms with E-state index in [4.69, 9.17) is 0 Å². The molecule has 2 unspecified atom stereocenters. The molecule has 0 aromatic carbocycles. The average Bonchev–Trinajstić information content (AvgIpc) is 2.91. The Kier molecular flexibility index (Phi) is 4.86. The van der Waals surface area contributed by atoms with Gasteiger partial charge in [-0.25, -0.2) is 0 Å². The summed E-state index contributed by atoms with van der Waals surface area (Å²) in [5.41, 5.74) is 0. The number of allylic oxidation sites excluding steroid dienone is 2. The summed E-state index contributed by atoms with van der Waals surface area (Å²) in [5.74, 6) is 1.83. The molecular formula is C13H23NO. The van der Waals surface area contributed by atoms with E-state index in [9.17, 15) is 4.79 Å². The fraction of sp³-hybridized carbons (Fsp3) is 0.769. The molecule has 86 valence electrons. The Hall–Kier alpha value is -0.790. The molecule has 0 aromatic heterocycles. The number of nitrogens with zero attached hydrogens (tertiary/aromatic N) is 1. The SMILES string of the molecule is CCC=CCCC1CC1CN(C)C(C)=O. The van der Waals surface area contributed by atoms with E-state index >= 15 is 0 Å². The van der Waals surface area contributed by atoms with Crippen LogP contribution in [0.3, 0.4) is 0 Å². The third-order valence-electron chi connectivity index (χ3n) is 3.22. The van der Waals surface area contributed by atoms with E-state index in [0.29, 0.717) is 0 Å². The number of rotatable bonds is 6. The molecule has 2 atom stereocenters. The van der Waals surface area contributed by atoms with Crippen molar-refractivity contribution < 1.29 is 4.79 Å². The molecule has 0 spiro atoms. The molecular weight excluding hydrogens is 186 g/mol. The minimum Gasteiger partial charge on any atom is -0.346 e. The number of carbonyl (C=O) groups excluding carboxylic acids is 1. The second kappa shape index (κ2) is 5.94. The van der Waals surface area contributed by atoms with Crippen LogP contribution in [0.5, 0.6) is 0 Å². The maximum atomic E-state index is 11.0. The fourth-order valence-electron chi connectivity index (χ4n) is 1.96. The first-order valence-corrected chi connectivity index (χ1v) is 6.01. The van der Waals surface area contributed by atoms with E-state index < -0.39 is 0 Å². The molecule has 2 heteroatoms. The summed E-state index contributed by atoms with van der Waals surface area (Å²) in [6, 6.07) is 0. The van der Waals surface area contributed by atoms with Gasteiger partial charge in [-0.1, -0.05) is 19.1 Å². The van der Waals surface area contributed by atoms with E-state index in [1.54, 1.807) is 6.92 Å². The van der Waals surface area contributed by atoms with Crippen LogP contribution in [0.4, 0.5) is 0 Å². The van der Waals surface area contributed by atoms with Gasteiger partial charge in [-0.3, -0.25) is 4.79 Å². The lowest BCUT2D eigenvalue weighted by atomic mass is 10.1. The Balaban J connectivity index is 2.07. The van der Waals surface area contributed by atoms with Gasteiger partial charge in [0.2, 0.25) is 5.91 Å². The zero-order valence-corrected chi connectivity index (χ0v) is 10.2. The van der Waals surface area contributed by atoms with Crippen molar-refractivity contribution in [1.29, 1.82) is 0 Å². The van der Waals surface area contributed by atoms with E-state index in [2.05, 4.69) is 19.1 Å². The van der Waals surface area contributed by atoms with Crippen molar-refractivity contribution in [2.75, 3.05) is 13.6 Å². The highest BCUT2D eigenvalue weighted by atomic mass is 16.2. The third-order valence-corrected chi connectivity index (χ3v) is 3.22. The van der Waals surface area contributed by atoms with Crippen molar-refractivity contribution in [2.45, 2.75) is 39.5 Å². The van der Waals surface area contributed by atoms with Crippen LogP contribution < -0.4 is 0 Å². The Morgan fingerprint density at radius 1 is 1.40 bits per heavy atom. The number of hydrogen-bond donors (Lipinski definition) is 0. The molecule has 0 heterocycles. The van der Waals surface area contributed by atoms with Gasteiger partial charge in [0.05, 0.1) is 0 Å². The monoisotopic (exact) mass is 209 g/mol. The molecule has 0 aliphatic heterocycles. The lowest BCUT2D eigenvalue weighted by Gasteiger charge is -2.13. The molecule has 2 nitrogen and oxygen atoms in total. The predicted octanol–water partition coefficient (Wildman–Crippen LogP) is 2.85. The van der Waals surface area contributed by atoms with Gasteiger partial charge in [0.15, 0.2) is 0 Å². The largest absolute Gasteiger partial charge is 0.346 e. The summed E-state index contributed by atoms with van der Waals surface area (Å²) < 4.78 is 0. The van der Waals surface area contributed by atoms with Gasteiger partial charge in [0.25, 0.3) is 0 Å². The van der Waals surface area contributed by atoms with E-state index in [-0.39, 0.29) is 5.91 Å². The van der Waals surface area contributed by atoms with Gasteiger partial charge in [0.1, 0.15) is 0 Å². The summed E-state index contributed by atoms with van der Waals surface area (Å²) in [7, 11) is 1.90. The van der Waals surface area contributed by atoms with Crippen molar-refractivity contribution in [2.24, 2.45) is 11.8 Å². The molecule has 1 amide bonds. The smallest absolute Gasteiger partial charge is 0.219 e. The topological polar surface area (TPSA) is 20.3 Å². The zero-order valence-electron chi connectivity index (χ0n) is 10.2. The van der Waals surface area contributed by atoms with Crippen molar-refractivity contribution in [3.05, 3.63) is 12.2 Å². The molecule has 15 heavy (non-hydrogen) atoms. The Bertz CT molecular complexity index is 235.